The van der Waals surface area contributed by atoms with Crippen molar-refractivity contribution in [3.05, 3.63) is 58.4 Å². The summed E-state index contributed by atoms with van der Waals surface area (Å²) in [5.41, 5.74) is 4.47. The zero-order chi connectivity index (χ0) is 20.1. The van der Waals surface area contributed by atoms with Crippen molar-refractivity contribution >= 4 is 11.8 Å². The third-order valence-electron chi connectivity index (χ3n) is 5.68. The van der Waals surface area contributed by atoms with Gasteiger partial charge in [0.2, 0.25) is 5.78 Å². The predicted molar refractivity (Wildman–Crippen MR) is 111 cm³/mol. The first kappa shape index (κ1) is 20.4. The average molecular weight is 382 g/mol. The Labute approximate surface area is 167 Å². The van der Waals surface area contributed by atoms with Crippen LogP contribution in [0.15, 0.2) is 30.3 Å². The van der Waals surface area contributed by atoms with Crippen molar-refractivity contribution in [1.82, 2.24) is 4.57 Å². The molecule has 0 aliphatic carbocycles. The Balaban J connectivity index is 1.72. The highest BCUT2D eigenvalue weighted by molar-refractivity contribution is 6.09. The smallest absolute Gasteiger partial charge is 0.315 e. The summed E-state index contributed by atoms with van der Waals surface area (Å²) in [7, 11) is 0. The van der Waals surface area contributed by atoms with E-state index in [1.807, 2.05) is 41.8 Å². The molecule has 4 nitrogen and oxygen atoms in total. The number of nitrogens with zero attached hydrogens (tertiary/aromatic N) is 1. The summed E-state index contributed by atoms with van der Waals surface area (Å²) < 4.78 is 7.53. The molecule has 0 radical (unpaired) electrons. The van der Waals surface area contributed by atoms with Crippen molar-refractivity contribution in [2.45, 2.75) is 71.8 Å². The minimum Gasteiger partial charge on any atom is -0.465 e. The molecule has 1 aromatic heterocycles. The molecule has 2 heterocycles. The van der Waals surface area contributed by atoms with Crippen molar-refractivity contribution in [2.75, 3.05) is 6.61 Å². The summed E-state index contributed by atoms with van der Waals surface area (Å²) in [4.78, 5) is 25.7. The van der Waals surface area contributed by atoms with E-state index in [1.165, 1.54) is 18.4 Å². The molecule has 3 rings (SSSR count). The number of rotatable bonds is 9. The van der Waals surface area contributed by atoms with Gasteiger partial charge in [0.05, 0.1) is 18.2 Å². The van der Waals surface area contributed by atoms with Gasteiger partial charge in [0, 0.05) is 17.8 Å². The third-order valence-corrected chi connectivity index (χ3v) is 5.68. The van der Waals surface area contributed by atoms with E-state index in [2.05, 4.69) is 13.8 Å². The maximum absolute atomic E-state index is 13.1. The maximum atomic E-state index is 13.1. The number of hydrogen-bond acceptors (Lipinski definition) is 3. The minimum atomic E-state index is -0.256. The van der Waals surface area contributed by atoms with Crippen molar-refractivity contribution in [2.24, 2.45) is 0 Å². The molecule has 0 saturated carbocycles. The average Bonchev–Trinajstić information content (AvgIpc) is 3.25. The van der Waals surface area contributed by atoms with Gasteiger partial charge in [-0.25, -0.2) is 0 Å². The largest absolute Gasteiger partial charge is 0.465 e. The van der Waals surface area contributed by atoms with E-state index in [-0.39, 0.29) is 17.7 Å². The Morgan fingerprint density at radius 1 is 1.11 bits per heavy atom. The van der Waals surface area contributed by atoms with Crippen molar-refractivity contribution in [3.8, 4) is 0 Å². The number of ether oxygens (including phenoxy) is 1. The van der Waals surface area contributed by atoms with Crippen LogP contribution in [0.4, 0.5) is 0 Å². The quantitative estimate of drug-likeness (QED) is 0.341. The second-order valence-corrected chi connectivity index (χ2v) is 7.70. The van der Waals surface area contributed by atoms with E-state index >= 15 is 0 Å². The van der Waals surface area contributed by atoms with Crippen LogP contribution in [0.2, 0.25) is 0 Å². The summed E-state index contributed by atoms with van der Waals surface area (Å²) in [6.07, 6.45) is 6.02. The lowest BCUT2D eigenvalue weighted by Crippen LogP contribution is -2.14. The number of carbonyl (C=O) groups excluding carboxylic acids is 2. The number of carbonyl (C=O) groups is 2. The lowest BCUT2D eigenvalue weighted by molar-refractivity contribution is -0.145. The molecular weight excluding hydrogens is 350 g/mol. The van der Waals surface area contributed by atoms with E-state index in [0.717, 1.165) is 30.5 Å². The van der Waals surface area contributed by atoms with Crippen LogP contribution in [-0.2, 0) is 22.5 Å². The second-order valence-electron chi connectivity index (χ2n) is 7.70. The third kappa shape index (κ3) is 4.21. The van der Waals surface area contributed by atoms with E-state index in [0.29, 0.717) is 30.8 Å². The lowest BCUT2D eigenvalue weighted by atomic mass is 10.0. The molecule has 1 aliphatic heterocycles. The fraction of sp³-hybridized carbons (Fsp3) is 0.500. The molecule has 0 amide bonds. The van der Waals surface area contributed by atoms with Crippen LogP contribution >= 0.6 is 0 Å². The zero-order valence-corrected chi connectivity index (χ0v) is 17.3. The highest BCUT2D eigenvalue weighted by Crippen LogP contribution is 2.34. The lowest BCUT2D eigenvalue weighted by Gasteiger charge is -2.10. The van der Waals surface area contributed by atoms with E-state index in [1.54, 1.807) is 0 Å². The van der Waals surface area contributed by atoms with Crippen LogP contribution in [-0.4, -0.2) is 22.9 Å². The number of aromatic nitrogens is 1. The molecule has 1 aromatic carbocycles. The van der Waals surface area contributed by atoms with Crippen molar-refractivity contribution < 1.29 is 14.3 Å². The van der Waals surface area contributed by atoms with Gasteiger partial charge >= 0.3 is 5.97 Å². The maximum Gasteiger partial charge on any atom is 0.315 e. The normalized spacial score (nSPS) is 15.5. The summed E-state index contributed by atoms with van der Waals surface area (Å²) in [6.45, 7) is 7.39. The number of aryl methyl sites for hydroxylation is 2. The van der Waals surface area contributed by atoms with Gasteiger partial charge in [0.15, 0.2) is 0 Å². The Morgan fingerprint density at radius 2 is 1.86 bits per heavy atom. The fourth-order valence-electron chi connectivity index (χ4n) is 4.02. The molecule has 0 bridgehead atoms. The van der Waals surface area contributed by atoms with Crippen LogP contribution < -0.4 is 0 Å². The zero-order valence-electron chi connectivity index (χ0n) is 17.3. The number of hydrogen-bond donors (Lipinski definition) is 0. The van der Waals surface area contributed by atoms with Crippen molar-refractivity contribution in [3.63, 3.8) is 0 Å². The molecule has 28 heavy (non-hydrogen) atoms. The Kier molecular flexibility index (Phi) is 6.71. The SMILES string of the molecule is CCCCCCOC(=O)C1CCn2c1cc(C)c2C(=O)c1ccc(CC)cc1. The molecule has 0 N–H and O–H groups in total. The van der Waals surface area contributed by atoms with Crippen molar-refractivity contribution in [1.29, 1.82) is 0 Å². The molecule has 1 atom stereocenters. The summed E-state index contributed by atoms with van der Waals surface area (Å²) >= 11 is 0. The molecule has 1 aliphatic rings. The highest BCUT2D eigenvalue weighted by Gasteiger charge is 2.34. The van der Waals surface area contributed by atoms with Gasteiger partial charge in [0.1, 0.15) is 0 Å². The summed E-state index contributed by atoms with van der Waals surface area (Å²) in [5, 5.41) is 0. The van der Waals surface area contributed by atoms with Gasteiger partial charge < -0.3 is 9.30 Å². The van der Waals surface area contributed by atoms with E-state index < -0.39 is 0 Å². The highest BCUT2D eigenvalue weighted by atomic mass is 16.5. The van der Waals surface area contributed by atoms with Gasteiger partial charge in [0.25, 0.3) is 0 Å². The molecule has 0 fully saturated rings. The van der Waals surface area contributed by atoms with Gasteiger partial charge in [-0.3, -0.25) is 9.59 Å². The monoisotopic (exact) mass is 381 g/mol. The minimum absolute atomic E-state index is 0.0278. The molecule has 1 unspecified atom stereocenters. The first-order chi connectivity index (χ1) is 13.6. The first-order valence-electron chi connectivity index (χ1n) is 10.6. The van der Waals surface area contributed by atoms with Crippen LogP contribution in [0.5, 0.6) is 0 Å². The van der Waals surface area contributed by atoms with E-state index in [9.17, 15) is 9.59 Å². The standard InChI is InChI=1S/C24H31NO3/c1-4-6-7-8-15-28-24(27)20-13-14-25-21(20)16-17(3)22(25)23(26)19-11-9-18(5-2)10-12-19/h9-12,16,20H,4-8,13-15H2,1-3H3. The predicted octanol–water partition coefficient (Wildman–Crippen LogP) is 5.20. The molecule has 2 aromatic rings. The molecule has 0 saturated heterocycles. The van der Waals surface area contributed by atoms with E-state index in [4.69, 9.17) is 4.74 Å². The Hall–Kier alpha value is -2.36. The number of benzene rings is 1. The molecule has 0 spiro atoms. The number of fused-ring (bicyclic) bond motifs is 1. The molecule has 150 valence electrons. The first-order valence-corrected chi connectivity index (χ1v) is 10.6. The van der Waals surface area contributed by atoms with Crippen LogP contribution in [0.3, 0.4) is 0 Å². The van der Waals surface area contributed by atoms with Crippen LogP contribution in [0, 0.1) is 6.92 Å². The number of ketones is 1. The second kappa shape index (κ2) is 9.22. The van der Waals surface area contributed by atoms with Crippen LogP contribution in [0.25, 0.3) is 0 Å². The van der Waals surface area contributed by atoms with Gasteiger partial charge in [-0.1, -0.05) is 57.4 Å². The van der Waals surface area contributed by atoms with Gasteiger partial charge in [-0.2, -0.15) is 0 Å². The number of esters is 1. The molecular formula is C24H31NO3. The Morgan fingerprint density at radius 3 is 2.54 bits per heavy atom. The summed E-state index contributed by atoms with van der Waals surface area (Å²) in [5.74, 6) is -0.382. The fourth-order valence-corrected chi connectivity index (χ4v) is 4.02. The summed E-state index contributed by atoms with van der Waals surface area (Å²) in [6, 6.07) is 9.81. The van der Waals surface area contributed by atoms with Gasteiger partial charge in [-0.15, -0.1) is 0 Å². The molecule has 4 heteroatoms. The Bertz CT molecular complexity index is 832. The van der Waals surface area contributed by atoms with Crippen LogP contribution in [0.1, 0.15) is 84.7 Å². The van der Waals surface area contributed by atoms with Gasteiger partial charge in [-0.05, 0) is 43.4 Å². The topological polar surface area (TPSA) is 48.3 Å². The number of unbranched alkanes of at least 4 members (excludes halogenated alkanes) is 3.